The summed E-state index contributed by atoms with van der Waals surface area (Å²) in [4.78, 5) is 8.38. The molecule has 6 heteroatoms. The molecule has 3 nitrogen and oxygen atoms in total. The van der Waals surface area contributed by atoms with Gasteiger partial charge in [-0.2, -0.15) is 4.37 Å². The summed E-state index contributed by atoms with van der Waals surface area (Å²) in [6.45, 7) is 1.87. The maximum absolute atomic E-state index is 5.72. The minimum atomic E-state index is 0.641. The maximum atomic E-state index is 5.72. The highest BCUT2D eigenvalue weighted by molar-refractivity contribution is 8.00. The molecule has 0 fully saturated rings. The Balaban J connectivity index is 2.15. The number of hydrogen-bond donors (Lipinski definition) is 0. The van der Waals surface area contributed by atoms with Gasteiger partial charge in [0.05, 0.1) is 5.02 Å². The first kappa shape index (κ1) is 9.89. The highest BCUT2D eigenvalue weighted by atomic mass is 35.5. The monoisotopic (exact) mass is 243 g/mol. The van der Waals surface area contributed by atoms with E-state index in [0.29, 0.717) is 5.02 Å². The lowest BCUT2D eigenvalue weighted by atomic mass is 10.5. The first-order valence-corrected chi connectivity index (χ1v) is 5.80. The van der Waals surface area contributed by atoms with E-state index in [2.05, 4.69) is 14.3 Å². The molecule has 0 bridgehead atoms. The molecule has 0 atom stereocenters. The fraction of sp³-hybridized carbons (Fsp3) is 0.125. The van der Waals surface area contributed by atoms with Crippen LogP contribution < -0.4 is 0 Å². The third-order valence-electron chi connectivity index (χ3n) is 1.40. The molecule has 0 saturated carbocycles. The second-order valence-electron chi connectivity index (χ2n) is 2.52. The lowest BCUT2D eigenvalue weighted by Crippen LogP contribution is -1.78. The molecule has 72 valence electrons. The molecule has 2 aromatic rings. The molecule has 14 heavy (non-hydrogen) atoms. The van der Waals surface area contributed by atoms with Crippen molar-refractivity contribution in [2.45, 2.75) is 16.3 Å². The van der Waals surface area contributed by atoms with Gasteiger partial charge in [-0.05, 0) is 42.4 Å². The molecular formula is C8H6ClN3S2. The van der Waals surface area contributed by atoms with E-state index in [1.165, 1.54) is 23.3 Å². The van der Waals surface area contributed by atoms with Gasteiger partial charge in [0, 0.05) is 6.20 Å². The standard InChI is InChI=1S/C8H6ClN3S2/c1-5-11-8(14-12-5)13-7-3-2-6(9)4-10-7/h2-4H,1H3. The van der Waals surface area contributed by atoms with Gasteiger partial charge >= 0.3 is 0 Å². The van der Waals surface area contributed by atoms with Crippen molar-refractivity contribution in [1.82, 2.24) is 14.3 Å². The Morgan fingerprint density at radius 3 is 2.86 bits per heavy atom. The van der Waals surface area contributed by atoms with Gasteiger partial charge < -0.3 is 0 Å². The van der Waals surface area contributed by atoms with Crippen molar-refractivity contribution in [2.24, 2.45) is 0 Å². The topological polar surface area (TPSA) is 38.7 Å². The van der Waals surface area contributed by atoms with E-state index in [4.69, 9.17) is 11.6 Å². The number of nitrogens with zero attached hydrogens (tertiary/aromatic N) is 3. The van der Waals surface area contributed by atoms with E-state index in [9.17, 15) is 0 Å². The molecule has 0 spiro atoms. The van der Waals surface area contributed by atoms with E-state index in [1.807, 2.05) is 19.1 Å². The van der Waals surface area contributed by atoms with Crippen molar-refractivity contribution < 1.29 is 0 Å². The van der Waals surface area contributed by atoms with Crippen LogP contribution in [-0.4, -0.2) is 14.3 Å². The van der Waals surface area contributed by atoms with Crippen molar-refractivity contribution in [3.05, 3.63) is 29.2 Å². The molecule has 2 aromatic heterocycles. The zero-order chi connectivity index (χ0) is 9.97. The molecule has 0 aliphatic rings. The molecular weight excluding hydrogens is 238 g/mol. The first-order valence-electron chi connectivity index (χ1n) is 3.84. The summed E-state index contributed by atoms with van der Waals surface area (Å²) in [6, 6.07) is 3.68. The van der Waals surface area contributed by atoms with Gasteiger partial charge in [-0.15, -0.1) is 0 Å². The van der Waals surface area contributed by atoms with Crippen LogP contribution in [0.3, 0.4) is 0 Å². The Hall–Kier alpha value is -0.650. The number of halogens is 1. The van der Waals surface area contributed by atoms with Crippen molar-refractivity contribution in [3.63, 3.8) is 0 Å². The number of aryl methyl sites for hydroxylation is 1. The molecule has 2 rings (SSSR count). The molecule has 0 aliphatic carbocycles. The summed E-state index contributed by atoms with van der Waals surface area (Å²) in [7, 11) is 0. The highest BCUT2D eigenvalue weighted by Gasteiger charge is 2.03. The average molecular weight is 244 g/mol. The number of rotatable bonds is 2. The van der Waals surface area contributed by atoms with Crippen LogP contribution in [0, 0.1) is 6.92 Å². The fourth-order valence-corrected chi connectivity index (χ4v) is 2.48. The first-order chi connectivity index (χ1) is 6.74. The van der Waals surface area contributed by atoms with Crippen LogP contribution in [0.4, 0.5) is 0 Å². The quantitative estimate of drug-likeness (QED) is 0.813. The van der Waals surface area contributed by atoms with Gasteiger partial charge in [-0.3, -0.25) is 0 Å². The van der Waals surface area contributed by atoms with Gasteiger partial charge in [0.2, 0.25) is 0 Å². The highest BCUT2D eigenvalue weighted by Crippen LogP contribution is 2.27. The summed E-state index contributed by atoms with van der Waals surface area (Å²) in [5, 5.41) is 1.52. The molecule has 0 unspecified atom stereocenters. The molecule has 0 aromatic carbocycles. The van der Waals surface area contributed by atoms with Crippen LogP contribution in [0.15, 0.2) is 27.7 Å². The zero-order valence-corrected chi connectivity index (χ0v) is 9.66. The lowest BCUT2D eigenvalue weighted by Gasteiger charge is -1.94. The Kier molecular flexibility index (Phi) is 3.00. The summed E-state index contributed by atoms with van der Waals surface area (Å²) in [6.07, 6.45) is 1.62. The molecule has 0 saturated heterocycles. The Morgan fingerprint density at radius 1 is 1.43 bits per heavy atom. The van der Waals surface area contributed by atoms with Gasteiger partial charge in [0.25, 0.3) is 0 Å². The third-order valence-corrected chi connectivity index (χ3v) is 3.42. The summed E-state index contributed by atoms with van der Waals surface area (Å²) in [5.74, 6) is 0.798. The predicted octanol–water partition coefficient (Wildman–Crippen LogP) is 3.05. The maximum Gasteiger partial charge on any atom is 0.176 e. The fourth-order valence-electron chi connectivity index (χ4n) is 0.832. The lowest BCUT2D eigenvalue weighted by molar-refractivity contribution is 1.09. The summed E-state index contributed by atoms with van der Waals surface area (Å²) >= 11 is 8.59. The Morgan fingerprint density at radius 2 is 2.29 bits per heavy atom. The van der Waals surface area contributed by atoms with E-state index < -0.39 is 0 Å². The van der Waals surface area contributed by atoms with Crippen molar-refractivity contribution in [2.75, 3.05) is 0 Å². The molecule has 2 heterocycles. The van der Waals surface area contributed by atoms with Crippen LogP contribution in [0.1, 0.15) is 5.82 Å². The number of hydrogen-bond acceptors (Lipinski definition) is 5. The van der Waals surface area contributed by atoms with Gasteiger partial charge in [-0.25, -0.2) is 9.97 Å². The smallest absolute Gasteiger partial charge is 0.176 e. The van der Waals surface area contributed by atoms with Gasteiger partial charge in [-0.1, -0.05) is 11.6 Å². The number of pyridine rings is 1. The van der Waals surface area contributed by atoms with E-state index >= 15 is 0 Å². The van der Waals surface area contributed by atoms with E-state index in [0.717, 1.165) is 15.2 Å². The minimum Gasteiger partial charge on any atom is -0.248 e. The van der Waals surface area contributed by atoms with Crippen LogP contribution in [-0.2, 0) is 0 Å². The summed E-state index contributed by atoms with van der Waals surface area (Å²) < 4.78 is 4.99. The van der Waals surface area contributed by atoms with Gasteiger partial charge in [0.15, 0.2) is 4.34 Å². The van der Waals surface area contributed by atoms with Crippen molar-refractivity contribution in [1.29, 1.82) is 0 Å². The second kappa shape index (κ2) is 4.25. The Labute approximate surface area is 94.7 Å². The molecule has 0 amide bonds. The SMILES string of the molecule is Cc1nsc(Sc2ccc(Cl)cn2)n1. The largest absolute Gasteiger partial charge is 0.248 e. The number of aromatic nitrogens is 3. The van der Waals surface area contributed by atoms with Crippen molar-refractivity contribution >= 4 is 34.9 Å². The van der Waals surface area contributed by atoms with Crippen molar-refractivity contribution in [3.8, 4) is 0 Å². The zero-order valence-electron chi connectivity index (χ0n) is 7.27. The van der Waals surface area contributed by atoms with Crippen LogP contribution in [0.2, 0.25) is 5.02 Å². The van der Waals surface area contributed by atoms with Crippen LogP contribution >= 0.6 is 34.9 Å². The molecule has 0 N–H and O–H groups in total. The summed E-state index contributed by atoms with van der Waals surface area (Å²) in [5.41, 5.74) is 0. The third kappa shape index (κ3) is 2.43. The predicted molar refractivity (Wildman–Crippen MR) is 58.0 cm³/mol. The molecule has 0 radical (unpaired) electrons. The van der Waals surface area contributed by atoms with E-state index in [1.54, 1.807) is 6.20 Å². The molecule has 0 aliphatic heterocycles. The Bertz CT molecular complexity index is 426. The average Bonchev–Trinajstić information content (AvgIpc) is 2.56. The normalized spacial score (nSPS) is 10.4. The minimum absolute atomic E-state index is 0.641. The van der Waals surface area contributed by atoms with Crippen LogP contribution in [0.25, 0.3) is 0 Å². The van der Waals surface area contributed by atoms with Gasteiger partial charge in [0.1, 0.15) is 10.9 Å². The second-order valence-corrected chi connectivity index (χ2v) is 4.98. The van der Waals surface area contributed by atoms with E-state index in [-0.39, 0.29) is 0 Å². The van der Waals surface area contributed by atoms with Crippen LogP contribution in [0.5, 0.6) is 0 Å².